The Hall–Kier alpha value is -4.75. The molecule has 4 aliphatic rings. The number of alkyl halides is 1. The summed E-state index contributed by atoms with van der Waals surface area (Å²) < 4.78 is 43.0. The molecule has 274 valence electrons. The van der Waals surface area contributed by atoms with Gasteiger partial charge >= 0.3 is 6.01 Å². The fourth-order valence-electron chi connectivity index (χ4n) is 8.43. The normalized spacial score (nSPS) is 23.1. The van der Waals surface area contributed by atoms with Crippen molar-refractivity contribution < 1.29 is 22.8 Å². The molecular formula is C39H39ClF2N8O3. The minimum atomic E-state index is -0.913. The summed E-state index contributed by atoms with van der Waals surface area (Å²) in [7, 11) is 1.89. The molecular weight excluding hydrogens is 702 g/mol. The van der Waals surface area contributed by atoms with Gasteiger partial charge in [-0.1, -0.05) is 47.1 Å². The highest BCUT2D eigenvalue weighted by molar-refractivity contribution is 6.36. The van der Waals surface area contributed by atoms with Crippen molar-refractivity contribution in [2.24, 2.45) is 5.92 Å². The molecule has 3 atom stereocenters. The molecule has 1 saturated carbocycles. The molecule has 0 bridgehead atoms. The summed E-state index contributed by atoms with van der Waals surface area (Å²) in [5.41, 5.74) is 0.313. The van der Waals surface area contributed by atoms with E-state index in [0.717, 1.165) is 44.0 Å². The first-order valence-electron chi connectivity index (χ1n) is 18.3. The summed E-state index contributed by atoms with van der Waals surface area (Å²) in [6, 6.07) is 11.1. The molecule has 53 heavy (non-hydrogen) atoms. The number of halogens is 3. The number of rotatable bonds is 10. The average molecular weight is 741 g/mol. The number of amides is 1. The van der Waals surface area contributed by atoms with Crippen LogP contribution in [0.4, 0.5) is 14.6 Å². The lowest BCUT2D eigenvalue weighted by molar-refractivity contribution is -0.125. The van der Waals surface area contributed by atoms with Crippen LogP contribution in [-0.4, -0.2) is 98.9 Å². The molecule has 4 fully saturated rings. The molecule has 1 unspecified atom stereocenters. The molecule has 3 aromatic heterocycles. The van der Waals surface area contributed by atoms with Crippen LogP contribution in [0.25, 0.3) is 39.0 Å². The van der Waals surface area contributed by atoms with Crippen LogP contribution >= 0.6 is 11.6 Å². The van der Waals surface area contributed by atoms with Crippen LogP contribution < -0.4 is 9.64 Å². The summed E-state index contributed by atoms with van der Waals surface area (Å²) >= 11 is 6.63. The maximum Gasteiger partial charge on any atom is 0.319 e. The molecule has 14 heteroatoms. The first kappa shape index (κ1) is 34.0. The minimum absolute atomic E-state index is 0.0223. The zero-order valence-electron chi connectivity index (χ0n) is 29.3. The lowest BCUT2D eigenvalue weighted by Gasteiger charge is -2.31. The first-order chi connectivity index (χ1) is 25.7. The summed E-state index contributed by atoms with van der Waals surface area (Å²) in [4.78, 5) is 37.4. The van der Waals surface area contributed by atoms with Crippen molar-refractivity contribution in [3.63, 3.8) is 0 Å². The second kappa shape index (κ2) is 13.6. The number of fused-ring (bicyclic) bond motifs is 3. The van der Waals surface area contributed by atoms with Crippen LogP contribution in [0.15, 0.2) is 53.2 Å². The monoisotopic (exact) mass is 740 g/mol. The van der Waals surface area contributed by atoms with Crippen LogP contribution in [0.3, 0.4) is 0 Å². The van der Waals surface area contributed by atoms with Crippen LogP contribution in [0.5, 0.6) is 6.01 Å². The molecule has 1 aliphatic carbocycles. The van der Waals surface area contributed by atoms with Gasteiger partial charge in [0.2, 0.25) is 5.91 Å². The van der Waals surface area contributed by atoms with E-state index in [1.165, 1.54) is 6.08 Å². The van der Waals surface area contributed by atoms with E-state index in [1.54, 1.807) is 29.3 Å². The molecule has 11 nitrogen and oxygen atoms in total. The molecule has 6 heterocycles. The van der Waals surface area contributed by atoms with Gasteiger partial charge in [-0.25, -0.2) is 8.78 Å². The Morgan fingerprint density at radius 2 is 1.98 bits per heavy atom. The smallest absolute Gasteiger partial charge is 0.319 e. The molecule has 0 N–H and O–H groups in total. The van der Waals surface area contributed by atoms with E-state index in [4.69, 9.17) is 25.8 Å². The Bertz CT molecular complexity index is 2240. The number of ether oxygens (including phenoxy) is 1. The first-order valence-corrected chi connectivity index (χ1v) is 18.7. The Labute approximate surface area is 310 Å². The topological polar surface area (TPSA) is 114 Å². The van der Waals surface area contributed by atoms with Crippen molar-refractivity contribution in [1.82, 2.24) is 34.9 Å². The predicted octanol–water partition coefficient (Wildman–Crippen LogP) is 6.85. The SMILES string of the molecule is CN(CC1CCN(C(=O)/C=C/c2nc(C3CC3)no2)C1)c1nc(OC[C@@]23CCCN2C[C@H](F)C3)nc2c(F)c(-c3cccc4cccc(Cl)c34)ncc12. The Kier molecular flexibility index (Phi) is 8.73. The zero-order chi connectivity index (χ0) is 36.3. The van der Waals surface area contributed by atoms with Gasteiger partial charge in [0, 0.05) is 79.9 Å². The van der Waals surface area contributed by atoms with Gasteiger partial charge in [0.05, 0.1) is 10.9 Å². The number of anilines is 1. The maximum absolute atomic E-state index is 16.8. The number of carbonyl (C=O) groups excluding carboxylic acids is 1. The van der Waals surface area contributed by atoms with Crippen molar-refractivity contribution in [3.8, 4) is 17.3 Å². The molecule has 3 saturated heterocycles. The van der Waals surface area contributed by atoms with Gasteiger partial charge in [-0.2, -0.15) is 15.0 Å². The number of aromatic nitrogens is 5. The molecule has 1 amide bonds. The van der Waals surface area contributed by atoms with E-state index in [2.05, 4.69) is 25.0 Å². The highest BCUT2D eigenvalue weighted by Crippen LogP contribution is 2.42. The van der Waals surface area contributed by atoms with Gasteiger partial charge in [0.15, 0.2) is 11.6 Å². The molecule has 0 radical (unpaired) electrons. The number of hydrogen-bond acceptors (Lipinski definition) is 10. The van der Waals surface area contributed by atoms with Crippen LogP contribution in [0.2, 0.25) is 5.02 Å². The second-order valence-corrected chi connectivity index (χ2v) is 15.3. The van der Waals surface area contributed by atoms with E-state index in [0.29, 0.717) is 77.4 Å². The fraction of sp³-hybridized carbons (Fsp3) is 0.436. The van der Waals surface area contributed by atoms with E-state index in [9.17, 15) is 9.18 Å². The van der Waals surface area contributed by atoms with Gasteiger partial charge in [-0.3, -0.25) is 14.7 Å². The summed E-state index contributed by atoms with van der Waals surface area (Å²) in [6.45, 7) is 3.10. The van der Waals surface area contributed by atoms with Gasteiger partial charge < -0.3 is 19.1 Å². The number of benzene rings is 2. The zero-order valence-corrected chi connectivity index (χ0v) is 30.1. The summed E-state index contributed by atoms with van der Waals surface area (Å²) in [5, 5.41) is 6.49. The highest BCUT2D eigenvalue weighted by atomic mass is 35.5. The number of likely N-dealkylation sites (tertiary alicyclic amines) is 1. The van der Waals surface area contributed by atoms with Crippen LogP contribution in [-0.2, 0) is 4.79 Å². The minimum Gasteiger partial charge on any atom is -0.461 e. The van der Waals surface area contributed by atoms with Crippen molar-refractivity contribution in [2.45, 2.75) is 56.2 Å². The lowest BCUT2D eigenvalue weighted by Crippen LogP contribution is -2.43. The van der Waals surface area contributed by atoms with Gasteiger partial charge in [-0.15, -0.1) is 0 Å². The number of carbonyl (C=O) groups is 1. The third kappa shape index (κ3) is 6.47. The number of nitrogens with zero attached hydrogens (tertiary/aromatic N) is 8. The quantitative estimate of drug-likeness (QED) is 0.141. The third-order valence-electron chi connectivity index (χ3n) is 11.2. The van der Waals surface area contributed by atoms with Crippen LogP contribution in [0.1, 0.15) is 56.2 Å². The summed E-state index contributed by atoms with van der Waals surface area (Å²) in [6.07, 6.45) is 8.83. The van der Waals surface area contributed by atoms with Gasteiger partial charge in [0.1, 0.15) is 29.8 Å². The second-order valence-electron chi connectivity index (χ2n) is 14.9. The van der Waals surface area contributed by atoms with Gasteiger partial charge in [0.25, 0.3) is 5.89 Å². The average Bonchev–Trinajstić information content (AvgIpc) is 3.42. The van der Waals surface area contributed by atoms with Crippen LogP contribution in [0, 0.1) is 11.7 Å². The lowest BCUT2D eigenvalue weighted by atomic mass is 9.95. The maximum atomic E-state index is 16.8. The van der Waals surface area contributed by atoms with E-state index in [1.807, 2.05) is 36.2 Å². The third-order valence-corrected chi connectivity index (χ3v) is 11.6. The molecule has 0 spiro atoms. The Morgan fingerprint density at radius 3 is 2.83 bits per heavy atom. The summed E-state index contributed by atoms with van der Waals surface area (Å²) in [5.74, 6) is 1.24. The largest absolute Gasteiger partial charge is 0.461 e. The van der Waals surface area contributed by atoms with E-state index >= 15 is 4.39 Å². The van der Waals surface area contributed by atoms with Gasteiger partial charge in [-0.05, 0) is 56.0 Å². The van der Waals surface area contributed by atoms with Crippen molar-refractivity contribution in [1.29, 1.82) is 0 Å². The Balaban J connectivity index is 0.998. The van der Waals surface area contributed by atoms with E-state index in [-0.39, 0.29) is 35.7 Å². The number of pyridine rings is 1. The molecule has 9 rings (SSSR count). The molecule has 3 aliphatic heterocycles. The molecule has 5 aromatic rings. The fourth-order valence-corrected chi connectivity index (χ4v) is 8.71. The molecule has 2 aromatic carbocycles. The van der Waals surface area contributed by atoms with Crippen molar-refractivity contribution in [2.75, 3.05) is 51.3 Å². The van der Waals surface area contributed by atoms with Crippen molar-refractivity contribution >= 4 is 51.1 Å². The predicted molar refractivity (Wildman–Crippen MR) is 197 cm³/mol. The highest BCUT2D eigenvalue weighted by Gasteiger charge is 2.49. The van der Waals surface area contributed by atoms with E-state index < -0.39 is 17.5 Å². The Morgan fingerprint density at radius 1 is 1.13 bits per heavy atom. The standard InChI is InChI=1S/C39H39ClF2N8O3/c1-48(19-23-13-16-49(20-23)31(51)12-11-30-44-36(47-53-30)25-9-10-25)37-28-18-43-34(27-7-2-5-24-6-3-8-29(40)32(24)27)33(42)35(28)45-38(46-37)52-22-39-14-4-15-50(39)21-26(41)17-39/h2-3,5-8,11-12,18,23,25-26H,4,9-10,13-17,19-22H2,1H3/b12-11+/t23?,26-,39+/m1/s1. The number of hydrogen-bond donors (Lipinski definition) is 0. The van der Waals surface area contributed by atoms with Crippen molar-refractivity contribution in [3.05, 3.63) is 71.2 Å².